The van der Waals surface area contributed by atoms with Crippen LogP contribution in [0.2, 0.25) is 0 Å². The summed E-state index contributed by atoms with van der Waals surface area (Å²) in [5, 5.41) is 10.5. The lowest BCUT2D eigenvalue weighted by molar-refractivity contribution is -0.00388. The highest BCUT2D eigenvalue weighted by molar-refractivity contribution is 5.37. The van der Waals surface area contributed by atoms with E-state index in [1.54, 1.807) is 0 Å². The number of para-hydroxylation sites is 1. The molecule has 0 saturated heterocycles. The molecule has 1 N–H and O–H groups in total. The van der Waals surface area contributed by atoms with Crippen LogP contribution in [0.4, 0.5) is 0 Å². The molecule has 1 saturated carbocycles. The molecule has 98 valence electrons. The number of aliphatic hydroxyl groups is 1. The maximum absolute atomic E-state index is 10.5. The first kappa shape index (κ1) is 12.0. The average molecular weight is 247 g/mol. The lowest BCUT2D eigenvalue weighted by Crippen LogP contribution is -2.48. The van der Waals surface area contributed by atoms with Crippen LogP contribution >= 0.6 is 0 Å². The number of aliphatic hydroxyl groups excluding tert-OH is 1. The summed E-state index contributed by atoms with van der Waals surface area (Å²) in [6, 6.07) is 8.38. The number of nitrogens with zero attached hydrogens (tertiary/aromatic N) is 1. The Morgan fingerprint density at radius 3 is 2.78 bits per heavy atom. The van der Waals surface area contributed by atoms with Crippen molar-refractivity contribution in [1.82, 2.24) is 4.90 Å². The minimum atomic E-state index is -0.443. The summed E-state index contributed by atoms with van der Waals surface area (Å²) in [5.41, 5.74) is 0.920. The van der Waals surface area contributed by atoms with E-state index in [9.17, 15) is 5.11 Å². The molecular formula is C15H21NO2. The number of benzene rings is 1. The Morgan fingerprint density at radius 1 is 1.33 bits per heavy atom. The molecule has 3 atom stereocenters. The fourth-order valence-corrected chi connectivity index (χ4v) is 2.88. The number of hydrogen-bond donors (Lipinski definition) is 1. The van der Waals surface area contributed by atoms with Crippen LogP contribution in [0.15, 0.2) is 24.3 Å². The standard InChI is InChI=1S/C15H21NO2/c1-10(11-7-8-11)16(2)13-9-18-14-6-4-3-5-12(14)15(13)17/h3-6,10-11,13,15,17H,7-9H2,1-2H3. The van der Waals surface area contributed by atoms with Gasteiger partial charge in [-0.1, -0.05) is 18.2 Å². The Balaban J connectivity index is 1.79. The van der Waals surface area contributed by atoms with Gasteiger partial charge in [-0.05, 0) is 38.8 Å². The fourth-order valence-electron chi connectivity index (χ4n) is 2.88. The average Bonchev–Trinajstić information content (AvgIpc) is 3.22. The van der Waals surface area contributed by atoms with Crippen LogP contribution in [0.1, 0.15) is 31.4 Å². The molecule has 1 aliphatic heterocycles. The highest BCUT2D eigenvalue weighted by atomic mass is 16.5. The smallest absolute Gasteiger partial charge is 0.125 e. The lowest BCUT2D eigenvalue weighted by Gasteiger charge is -2.39. The van der Waals surface area contributed by atoms with E-state index in [0.29, 0.717) is 12.6 Å². The van der Waals surface area contributed by atoms with E-state index >= 15 is 0 Å². The third-order valence-corrected chi connectivity index (χ3v) is 4.48. The molecule has 1 heterocycles. The number of ether oxygens (including phenoxy) is 1. The van der Waals surface area contributed by atoms with Crippen LogP contribution in [0, 0.1) is 5.92 Å². The maximum Gasteiger partial charge on any atom is 0.125 e. The van der Waals surface area contributed by atoms with Gasteiger partial charge in [0.1, 0.15) is 18.5 Å². The molecule has 3 rings (SSSR count). The number of hydrogen-bond acceptors (Lipinski definition) is 3. The monoisotopic (exact) mass is 247 g/mol. The zero-order chi connectivity index (χ0) is 12.7. The molecule has 18 heavy (non-hydrogen) atoms. The van der Waals surface area contributed by atoms with E-state index in [1.165, 1.54) is 12.8 Å². The SMILES string of the molecule is CC(C1CC1)N(C)C1COc2ccccc2C1O. The second-order valence-electron chi connectivity index (χ2n) is 5.60. The van der Waals surface area contributed by atoms with Gasteiger partial charge in [0.05, 0.1) is 6.04 Å². The van der Waals surface area contributed by atoms with Gasteiger partial charge in [-0.25, -0.2) is 0 Å². The Morgan fingerprint density at radius 2 is 2.06 bits per heavy atom. The van der Waals surface area contributed by atoms with Gasteiger partial charge in [0.15, 0.2) is 0 Å². The van der Waals surface area contributed by atoms with Crippen molar-refractivity contribution in [2.45, 2.75) is 38.0 Å². The van der Waals surface area contributed by atoms with Gasteiger partial charge in [-0.15, -0.1) is 0 Å². The second kappa shape index (κ2) is 4.56. The minimum Gasteiger partial charge on any atom is -0.491 e. The number of likely N-dealkylation sites (N-methyl/N-ethyl adjacent to an activating group) is 1. The molecule has 0 amide bonds. The van der Waals surface area contributed by atoms with Gasteiger partial charge in [0, 0.05) is 11.6 Å². The van der Waals surface area contributed by atoms with Gasteiger partial charge in [0.25, 0.3) is 0 Å². The van der Waals surface area contributed by atoms with Crippen molar-refractivity contribution in [1.29, 1.82) is 0 Å². The van der Waals surface area contributed by atoms with Gasteiger partial charge < -0.3 is 9.84 Å². The first-order valence-corrected chi connectivity index (χ1v) is 6.80. The predicted octanol–water partition coefficient (Wildman–Crippen LogP) is 2.21. The normalized spacial score (nSPS) is 28.7. The second-order valence-corrected chi connectivity index (χ2v) is 5.60. The molecule has 0 bridgehead atoms. The minimum absolute atomic E-state index is 0.0653. The van der Waals surface area contributed by atoms with Crippen molar-refractivity contribution in [3.05, 3.63) is 29.8 Å². The maximum atomic E-state index is 10.5. The highest BCUT2D eigenvalue weighted by Gasteiger charge is 2.38. The summed E-state index contributed by atoms with van der Waals surface area (Å²) < 4.78 is 5.78. The van der Waals surface area contributed by atoms with Crippen molar-refractivity contribution in [3.63, 3.8) is 0 Å². The quantitative estimate of drug-likeness (QED) is 0.889. The van der Waals surface area contributed by atoms with E-state index in [-0.39, 0.29) is 6.04 Å². The van der Waals surface area contributed by atoms with Crippen LogP contribution in [-0.4, -0.2) is 35.7 Å². The third-order valence-electron chi connectivity index (χ3n) is 4.48. The Hall–Kier alpha value is -1.06. The molecule has 3 unspecified atom stereocenters. The van der Waals surface area contributed by atoms with Crippen molar-refractivity contribution in [2.75, 3.05) is 13.7 Å². The van der Waals surface area contributed by atoms with Crippen LogP contribution in [0.3, 0.4) is 0 Å². The Labute approximate surface area is 108 Å². The summed E-state index contributed by atoms with van der Waals surface area (Å²) in [7, 11) is 2.11. The van der Waals surface area contributed by atoms with Crippen LogP contribution in [0.5, 0.6) is 5.75 Å². The van der Waals surface area contributed by atoms with Crippen molar-refractivity contribution in [3.8, 4) is 5.75 Å². The molecular weight excluding hydrogens is 226 g/mol. The molecule has 1 aromatic carbocycles. The summed E-state index contributed by atoms with van der Waals surface area (Å²) >= 11 is 0. The highest BCUT2D eigenvalue weighted by Crippen LogP contribution is 2.39. The molecule has 1 aliphatic carbocycles. The molecule has 1 aromatic rings. The van der Waals surface area contributed by atoms with Crippen molar-refractivity contribution >= 4 is 0 Å². The van der Waals surface area contributed by atoms with Crippen molar-refractivity contribution in [2.24, 2.45) is 5.92 Å². The summed E-state index contributed by atoms with van der Waals surface area (Å²) in [5.74, 6) is 1.63. The molecule has 3 heteroatoms. The van der Waals surface area contributed by atoms with Crippen LogP contribution in [-0.2, 0) is 0 Å². The van der Waals surface area contributed by atoms with Gasteiger partial charge >= 0.3 is 0 Å². The number of fused-ring (bicyclic) bond motifs is 1. The van der Waals surface area contributed by atoms with E-state index < -0.39 is 6.10 Å². The first-order valence-electron chi connectivity index (χ1n) is 6.80. The Bertz CT molecular complexity index is 430. The summed E-state index contributed by atoms with van der Waals surface area (Å²) in [4.78, 5) is 2.29. The zero-order valence-electron chi connectivity index (χ0n) is 11.0. The lowest BCUT2D eigenvalue weighted by atomic mass is 9.97. The summed E-state index contributed by atoms with van der Waals surface area (Å²) in [6.45, 7) is 2.83. The van der Waals surface area contributed by atoms with Crippen molar-refractivity contribution < 1.29 is 9.84 Å². The fraction of sp³-hybridized carbons (Fsp3) is 0.600. The first-order chi connectivity index (χ1) is 8.68. The van der Waals surface area contributed by atoms with E-state index in [4.69, 9.17) is 4.74 Å². The largest absolute Gasteiger partial charge is 0.491 e. The summed E-state index contributed by atoms with van der Waals surface area (Å²) in [6.07, 6.45) is 2.21. The van der Waals surface area contributed by atoms with Gasteiger partial charge in [0.2, 0.25) is 0 Å². The molecule has 2 aliphatic rings. The molecule has 3 nitrogen and oxygen atoms in total. The van der Waals surface area contributed by atoms with Crippen LogP contribution in [0.25, 0.3) is 0 Å². The Kier molecular flexibility index (Phi) is 3.04. The van der Waals surface area contributed by atoms with Crippen LogP contribution < -0.4 is 4.74 Å². The van der Waals surface area contributed by atoms with E-state index in [2.05, 4.69) is 18.9 Å². The third kappa shape index (κ3) is 2.02. The molecule has 0 aromatic heterocycles. The zero-order valence-corrected chi connectivity index (χ0v) is 11.0. The van der Waals surface area contributed by atoms with E-state index in [1.807, 2.05) is 24.3 Å². The predicted molar refractivity (Wildman–Crippen MR) is 70.6 cm³/mol. The van der Waals surface area contributed by atoms with Gasteiger partial charge in [-0.3, -0.25) is 4.90 Å². The molecule has 0 radical (unpaired) electrons. The van der Waals surface area contributed by atoms with E-state index in [0.717, 1.165) is 17.2 Å². The topological polar surface area (TPSA) is 32.7 Å². The molecule has 1 fully saturated rings. The number of rotatable bonds is 3. The molecule has 0 spiro atoms. The van der Waals surface area contributed by atoms with Gasteiger partial charge in [-0.2, -0.15) is 0 Å².